The molecule has 27 heavy (non-hydrogen) atoms. The van der Waals surface area contributed by atoms with Gasteiger partial charge in [0.05, 0.1) is 22.3 Å². The van der Waals surface area contributed by atoms with E-state index in [1.165, 1.54) is 0 Å². The molecule has 142 valence electrons. The van der Waals surface area contributed by atoms with Crippen molar-refractivity contribution in [3.63, 3.8) is 0 Å². The molecular weight excluding hydrogens is 358 g/mol. The smallest absolute Gasteiger partial charge is 0.254 e. The van der Waals surface area contributed by atoms with Gasteiger partial charge in [-0.3, -0.25) is 9.79 Å². The summed E-state index contributed by atoms with van der Waals surface area (Å²) < 4.78 is 0. The Kier molecular flexibility index (Phi) is 4.42. The number of nitrogens with one attached hydrogen (secondary N) is 2. The minimum atomic E-state index is -0.297. The summed E-state index contributed by atoms with van der Waals surface area (Å²) in [6, 6.07) is 5.86. The molecule has 7 heteroatoms. The van der Waals surface area contributed by atoms with Crippen molar-refractivity contribution >= 4 is 34.6 Å². The summed E-state index contributed by atoms with van der Waals surface area (Å²) in [4.78, 5) is 24.0. The highest BCUT2D eigenvalue weighted by Crippen LogP contribution is 2.37. The van der Waals surface area contributed by atoms with Crippen LogP contribution in [0.1, 0.15) is 44.0 Å². The first-order valence-electron chi connectivity index (χ1n) is 9.28. The number of anilines is 2. The maximum Gasteiger partial charge on any atom is 0.254 e. The number of hydrogen-bond donors (Lipinski definition) is 2. The Morgan fingerprint density at radius 3 is 2.74 bits per heavy atom. The van der Waals surface area contributed by atoms with E-state index >= 15 is 0 Å². The van der Waals surface area contributed by atoms with Gasteiger partial charge in [0.15, 0.2) is 5.82 Å². The third-order valence-corrected chi connectivity index (χ3v) is 5.67. The second-order valence-corrected chi connectivity index (χ2v) is 8.95. The number of hydrogen-bond acceptors (Lipinski definition) is 5. The van der Waals surface area contributed by atoms with E-state index in [2.05, 4.69) is 36.4 Å². The normalized spacial score (nSPS) is 20.1. The molecule has 2 aliphatic heterocycles. The van der Waals surface area contributed by atoms with Crippen LogP contribution in [0.5, 0.6) is 0 Å². The Bertz CT molecular complexity index is 861. The number of rotatable bonds is 1. The van der Waals surface area contributed by atoms with Crippen molar-refractivity contribution in [2.75, 3.05) is 23.7 Å². The third kappa shape index (κ3) is 3.56. The van der Waals surface area contributed by atoms with Gasteiger partial charge in [0.25, 0.3) is 5.91 Å². The molecule has 6 nitrogen and oxygen atoms in total. The lowest BCUT2D eigenvalue weighted by Gasteiger charge is -2.46. The van der Waals surface area contributed by atoms with Crippen LogP contribution >= 0.6 is 11.3 Å². The number of likely N-dealkylation sites (tertiary alicyclic amines) is 1. The third-order valence-electron chi connectivity index (χ3n) is 4.99. The molecule has 0 radical (unpaired) electrons. The monoisotopic (exact) mass is 383 g/mol. The van der Waals surface area contributed by atoms with E-state index in [1.54, 1.807) is 17.5 Å². The van der Waals surface area contributed by atoms with Crippen molar-refractivity contribution in [2.24, 2.45) is 4.99 Å². The molecule has 2 N–H and O–H groups in total. The number of carbonyl (C=O) groups is 1. The molecule has 4 heterocycles. The van der Waals surface area contributed by atoms with Crippen LogP contribution in [0.2, 0.25) is 0 Å². The summed E-state index contributed by atoms with van der Waals surface area (Å²) in [7, 11) is 0. The lowest BCUT2D eigenvalue weighted by molar-refractivity contribution is 0.0705. The fourth-order valence-electron chi connectivity index (χ4n) is 3.65. The van der Waals surface area contributed by atoms with Gasteiger partial charge in [0.1, 0.15) is 5.84 Å². The summed E-state index contributed by atoms with van der Waals surface area (Å²) in [6.45, 7) is 7.68. The molecule has 4 rings (SSSR count). The van der Waals surface area contributed by atoms with Gasteiger partial charge < -0.3 is 15.5 Å². The van der Waals surface area contributed by atoms with Crippen molar-refractivity contribution < 1.29 is 4.79 Å². The molecule has 0 aliphatic carbocycles. The van der Waals surface area contributed by atoms with Gasteiger partial charge in [-0.25, -0.2) is 4.98 Å². The SMILES string of the molecule is CC(C)(C)N=C1Nc2ncccc2NC12CCN(C(=O)c1ccsc1)CC2. The molecule has 0 atom stereocenters. The molecule has 2 aromatic heterocycles. The first kappa shape index (κ1) is 18.0. The van der Waals surface area contributed by atoms with Crippen molar-refractivity contribution in [1.82, 2.24) is 9.88 Å². The molecule has 2 aromatic rings. The topological polar surface area (TPSA) is 69.6 Å². The van der Waals surface area contributed by atoms with Crippen LogP contribution in [-0.2, 0) is 0 Å². The fourth-order valence-corrected chi connectivity index (χ4v) is 4.28. The largest absolute Gasteiger partial charge is 0.370 e. The molecular formula is C20H25N5OS. The average Bonchev–Trinajstić information content (AvgIpc) is 3.16. The number of amides is 1. The van der Waals surface area contributed by atoms with E-state index in [9.17, 15) is 4.79 Å². The van der Waals surface area contributed by atoms with E-state index in [1.807, 2.05) is 33.9 Å². The number of fused-ring (bicyclic) bond motifs is 1. The highest BCUT2D eigenvalue weighted by molar-refractivity contribution is 7.08. The molecule has 0 bridgehead atoms. The zero-order valence-electron chi connectivity index (χ0n) is 16.0. The molecule has 2 aliphatic rings. The molecule has 0 unspecified atom stereocenters. The van der Waals surface area contributed by atoms with E-state index in [0.717, 1.165) is 35.7 Å². The summed E-state index contributed by atoms with van der Waals surface area (Å²) in [5.74, 6) is 1.85. The van der Waals surface area contributed by atoms with Gasteiger partial charge in [-0.1, -0.05) is 0 Å². The molecule has 1 amide bonds. The van der Waals surface area contributed by atoms with Crippen LogP contribution in [0, 0.1) is 0 Å². The van der Waals surface area contributed by atoms with Crippen molar-refractivity contribution in [1.29, 1.82) is 0 Å². The highest BCUT2D eigenvalue weighted by Gasteiger charge is 2.44. The average molecular weight is 384 g/mol. The number of thiophene rings is 1. The van der Waals surface area contributed by atoms with Crippen LogP contribution in [-0.4, -0.2) is 45.8 Å². The fraction of sp³-hybridized carbons (Fsp3) is 0.450. The number of piperidine rings is 1. The minimum absolute atomic E-state index is 0.117. The van der Waals surface area contributed by atoms with Gasteiger partial charge in [-0.05, 0) is 57.2 Å². The van der Waals surface area contributed by atoms with Gasteiger partial charge in [0, 0.05) is 24.7 Å². The number of amidine groups is 1. The number of nitrogens with zero attached hydrogens (tertiary/aromatic N) is 3. The highest BCUT2D eigenvalue weighted by atomic mass is 32.1. The summed E-state index contributed by atoms with van der Waals surface area (Å²) in [6.07, 6.45) is 3.39. The number of aliphatic imine (C=N–C) groups is 1. The lowest BCUT2D eigenvalue weighted by Crippen LogP contribution is -2.59. The van der Waals surface area contributed by atoms with Gasteiger partial charge in [-0.15, -0.1) is 0 Å². The number of pyridine rings is 1. The maximum absolute atomic E-state index is 12.7. The Balaban J connectivity index is 1.60. The number of aromatic nitrogens is 1. The van der Waals surface area contributed by atoms with E-state index < -0.39 is 0 Å². The van der Waals surface area contributed by atoms with Crippen LogP contribution in [0.15, 0.2) is 40.1 Å². The Morgan fingerprint density at radius 1 is 1.30 bits per heavy atom. The number of carbonyl (C=O) groups excluding carboxylic acids is 1. The van der Waals surface area contributed by atoms with Crippen molar-refractivity contribution in [2.45, 2.75) is 44.7 Å². The van der Waals surface area contributed by atoms with Gasteiger partial charge in [-0.2, -0.15) is 11.3 Å². The lowest BCUT2D eigenvalue weighted by atomic mass is 9.83. The zero-order valence-corrected chi connectivity index (χ0v) is 16.8. The van der Waals surface area contributed by atoms with E-state index in [0.29, 0.717) is 13.1 Å². The summed E-state index contributed by atoms with van der Waals surface area (Å²) in [5.41, 5.74) is 1.27. The van der Waals surface area contributed by atoms with Gasteiger partial charge >= 0.3 is 0 Å². The standard InChI is InChI=1S/C20H25N5OS/c1-19(2,3)24-18-20(23-15-5-4-9-21-16(15)22-18)7-10-25(11-8-20)17(26)14-6-12-27-13-14/h4-6,9,12-13,23H,7-8,10-11H2,1-3H3,(H,21,22,24). The van der Waals surface area contributed by atoms with Crippen molar-refractivity contribution in [3.05, 3.63) is 40.7 Å². The van der Waals surface area contributed by atoms with Crippen LogP contribution < -0.4 is 10.6 Å². The predicted molar refractivity (Wildman–Crippen MR) is 111 cm³/mol. The first-order valence-corrected chi connectivity index (χ1v) is 10.2. The zero-order chi connectivity index (χ0) is 19.1. The maximum atomic E-state index is 12.7. The minimum Gasteiger partial charge on any atom is -0.370 e. The van der Waals surface area contributed by atoms with Crippen LogP contribution in [0.3, 0.4) is 0 Å². The van der Waals surface area contributed by atoms with Crippen LogP contribution in [0.4, 0.5) is 11.5 Å². The molecule has 1 saturated heterocycles. The van der Waals surface area contributed by atoms with Gasteiger partial charge in [0.2, 0.25) is 0 Å². The Hall–Kier alpha value is -2.41. The Morgan fingerprint density at radius 2 is 2.07 bits per heavy atom. The molecule has 0 saturated carbocycles. The van der Waals surface area contributed by atoms with E-state index in [-0.39, 0.29) is 17.0 Å². The van der Waals surface area contributed by atoms with Crippen LogP contribution in [0.25, 0.3) is 0 Å². The second kappa shape index (κ2) is 6.64. The Labute approximate surface area is 163 Å². The quantitative estimate of drug-likeness (QED) is 0.785. The molecule has 0 aromatic carbocycles. The second-order valence-electron chi connectivity index (χ2n) is 8.17. The first-order chi connectivity index (χ1) is 12.9. The predicted octanol–water partition coefficient (Wildman–Crippen LogP) is 3.85. The molecule has 1 spiro atoms. The van der Waals surface area contributed by atoms with Crippen molar-refractivity contribution in [3.8, 4) is 0 Å². The summed E-state index contributed by atoms with van der Waals surface area (Å²) in [5, 5.41) is 11.0. The summed E-state index contributed by atoms with van der Waals surface area (Å²) >= 11 is 1.56. The molecule has 1 fully saturated rings. The van der Waals surface area contributed by atoms with E-state index in [4.69, 9.17) is 4.99 Å².